The van der Waals surface area contributed by atoms with Crippen LogP contribution >= 0.6 is 11.8 Å². The molecule has 6 aromatic rings. The maximum atomic E-state index is 2.46. The predicted octanol–water partition coefficient (Wildman–Crippen LogP) is 10.1. The van der Waals surface area contributed by atoms with Crippen LogP contribution in [-0.4, -0.2) is 0 Å². The second kappa shape index (κ2) is 7.12. The standard InChI is InChI=1S/C35H24S/c1-35(2)30-20-23(17-18-26(30)28-19-16-21-8-3-4-11-24(21)33(28)35)25-12-7-14-29-27-13-5-9-22-10-6-15-31(32(22)27)36-34(25)29/h3-20H,1-2H3. The zero-order chi connectivity index (χ0) is 24.0. The third kappa shape index (κ3) is 2.61. The van der Waals surface area contributed by atoms with Crippen molar-refractivity contribution in [2.45, 2.75) is 29.1 Å². The molecule has 0 saturated carbocycles. The van der Waals surface area contributed by atoms with Gasteiger partial charge in [-0.25, -0.2) is 0 Å². The van der Waals surface area contributed by atoms with Gasteiger partial charge in [0.2, 0.25) is 0 Å². The first-order valence-electron chi connectivity index (χ1n) is 12.6. The summed E-state index contributed by atoms with van der Waals surface area (Å²) in [6, 6.07) is 40.7. The molecule has 0 fully saturated rings. The van der Waals surface area contributed by atoms with Crippen molar-refractivity contribution in [1.82, 2.24) is 0 Å². The van der Waals surface area contributed by atoms with Crippen LogP contribution in [0.4, 0.5) is 0 Å². The van der Waals surface area contributed by atoms with Gasteiger partial charge in [0, 0.05) is 20.6 Å². The Bertz CT molecular complexity index is 1880. The van der Waals surface area contributed by atoms with E-state index in [0.717, 1.165) is 0 Å². The molecule has 0 aromatic heterocycles. The second-order valence-corrected chi connectivity index (χ2v) is 11.6. The molecule has 1 aliphatic heterocycles. The Morgan fingerprint density at radius 1 is 0.556 bits per heavy atom. The van der Waals surface area contributed by atoms with Gasteiger partial charge in [-0.05, 0) is 72.8 Å². The monoisotopic (exact) mass is 476 g/mol. The van der Waals surface area contributed by atoms with Crippen LogP contribution in [0, 0.1) is 0 Å². The molecular formula is C35H24S. The van der Waals surface area contributed by atoms with Gasteiger partial charge < -0.3 is 0 Å². The van der Waals surface area contributed by atoms with Gasteiger partial charge in [-0.15, -0.1) is 0 Å². The Hall–Kier alpha value is -3.81. The molecule has 0 unspecified atom stereocenters. The van der Waals surface area contributed by atoms with E-state index >= 15 is 0 Å². The van der Waals surface area contributed by atoms with Crippen LogP contribution in [0.15, 0.2) is 119 Å². The van der Waals surface area contributed by atoms with Gasteiger partial charge in [-0.3, -0.25) is 0 Å². The molecule has 1 heteroatoms. The van der Waals surface area contributed by atoms with Crippen molar-refractivity contribution in [3.63, 3.8) is 0 Å². The summed E-state index contributed by atoms with van der Waals surface area (Å²) in [4.78, 5) is 2.71. The zero-order valence-corrected chi connectivity index (χ0v) is 21.1. The van der Waals surface area contributed by atoms with Gasteiger partial charge in [-0.2, -0.15) is 0 Å². The Labute approximate surface area is 215 Å². The highest BCUT2D eigenvalue weighted by Crippen LogP contribution is 2.54. The van der Waals surface area contributed by atoms with Crippen molar-refractivity contribution in [3.8, 4) is 33.4 Å². The van der Waals surface area contributed by atoms with E-state index in [4.69, 9.17) is 0 Å². The van der Waals surface area contributed by atoms with E-state index in [1.54, 1.807) is 0 Å². The summed E-state index contributed by atoms with van der Waals surface area (Å²) in [6.07, 6.45) is 0. The maximum Gasteiger partial charge on any atom is 0.0279 e. The minimum Gasteiger partial charge on any atom is -0.0881 e. The summed E-state index contributed by atoms with van der Waals surface area (Å²) >= 11 is 1.92. The molecule has 1 aliphatic carbocycles. The Morgan fingerprint density at radius 2 is 1.28 bits per heavy atom. The van der Waals surface area contributed by atoms with Crippen molar-refractivity contribution < 1.29 is 0 Å². The van der Waals surface area contributed by atoms with Gasteiger partial charge in [0.05, 0.1) is 0 Å². The van der Waals surface area contributed by atoms with Crippen LogP contribution in [-0.2, 0) is 5.41 Å². The van der Waals surface area contributed by atoms with Crippen molar-refractivity contribution in [2.75, 3.05) is 0 Å². The van der Waals surface area contributed by atoms with Gasteiger partial charge >= 0.3 is 0 Å². The second-order valence-electron chi connectivity index (χ2n) is 10.5. The molecule has 0 saturated heterocycles. The topological polar surface area (TPSA) is 0 Å². The fourth-order valence-electron chi connectivity index (χ4n) is 6.58. The molecule has 0 atom stereocenters. The van der Waals surface area contributed by atoms with E-state index in [1.807, 2.05) is 11.8 Å². The van der Waals surface area contributed by atoms with Crippen LogP contribution in [0.2, 0.25) is 0 Å². The van der Waals surface area contributed by atoms with Crippen molar-refractivity contribution in [2.24, 2.45) is 0 Å². The van der Waals surface area contributed by atoms with Crippen molar-refractivity contribution >= 4 is 33.3 Å². The fraction of sp³-hybridized carbons (Fsp3) is 0.0857. The molecule has 170 valence electrons. The third-order valence-corrected chi connectivity index (χ3v) is 9.44. The lowest BCUT2D eigenvalue weighted by Gasteiger charge is -2.25. The van der Waals surface area contributed by atoms with E-state index in [-0.39, 0.29) is 5.41 Å². The molecule has 0 amide bonds. The molecule has 0 nitrogen and oxygen atoms in total. The molecular weight excluding hydrogens is 452 g/mol. The Morgan fingerprint density at radius 3 is 2.19 bits per heavy atom. The maximum absolute atomic E-state index is 2.46. The van der Waals surface area contributed by atoms with Crippen LogP contribution in [0.25, 0.3) is 54.9 Å². The molecule has 0 spiro atoms. The van der Waals surface area contributed by atoms with Crippen molar-refractivity contribution in [1.29, 1.82) is 0 Å². The average Bonchev–Trinajstić information content (AvgIpc) is 3.15. The number of benzene rings is 6. The highest BCUT2D eigenvalue weighted by Gasteiger charge is 2.37. The number of hydrogen-bond donors (Lipinski definition) is 0. The molecule has 1 heterocycles. The van der Waals surface area contributed by atoms with E-state index in [2.05, 4.69) is 123 Å². The van der Waals surface area contributed by atoms with Gasteiger partial charge in [0.25, 0.3) is 0 Å². The molecule has 0 radical (unpaired) electrons. The summed E-state index contributed by atoms with van der Waals surface area (Å²) in [5, 5.41) is 5.39. The highest BCUT2D eigenvalue weighted by molar-refractivity contribution is 8.00. The Balaban J connectivity index is 1.34. The smallest absolute Gasteiger partial charge is 0.0279 e. The van der Waals surface area contributed by atoms with Crippen LogP contribution in [0.1, 0.15) is 25.0 Å². The van der Waals surface area contributed by atoms with Crippen LogP contribution in [0.5, 0.6) is 0 Å². The van der Waals surface area contributed by atoms with E-state index in [9.17, 15) is 0 Å². The number of hydrogen-bond acceptors (Lipinski definition) is 1. The highest BCUT2D eigenvalue weighted by atomic mass is 32.2. The van der Waals surface area contributed by atoms with Gasteiger partial charge in [-0.1, -0.05) is 123 Å². The van der Waals surface area contributed by atoms with E-state index in [1.165, 1.54) is 75.8 Å². The van der Waals surface area contributed by atoms with Gasteiger partial charge in [0.15, 0.2) is 0 Å². The molecule has 8 rings (SSSR count). The Kier molecular flexibility index (Phi) is 4.03. The number of fused-ring (bicyclic) bond motifs is 7. The molecule has 0 N–H and O–H groups in total. The summed E-state index contributed by atoms with van der Waals surface area (Å²) in [5.41, 5.74) is 10.9. The first kappa shape index (κ1) is 20.4. The van der Waals surface area contributed by atoms with E-state index < -0.39 is 0 Å². The van der Waals surface area contributed by atoms with E-state index in [0.29, 0.717) is 0 Å². The zero-order valence-electron chi connectivity index (χ0n) is 20.3. The third-order valence-electron chi connectivity index (χ3n) is 8.23. The average molecular weight is 477 g/mol. The predicted molar refractivity (Wildman–Crippen MR) is 154 cm³/mol. The van der Waals surface area contributed by atoms with Crippen LogP contribution < -0.4 is 0 Å². The van der Waals surface area contributed by atoms with Crippen LogP contribution in [0.3, 0.4) is 0 Å². The minimum absolute atomic E-state index is 0.0539. The lowest BCUT2D eigenvalue weighted by molar-refractivity contribution is 0.666. The van der Waals surface area contributed by atoms with Crippen molar-refractivity contribution in [3.05, 3.63) is 120 Å². The lowest BCUT2D eigenvalue weighted by atomic mass is 9.79. The lowest BCUT2D eigenvalue weighted by Crippen LogP contribution is -2.15. The quantitative estimate of drug-likeness (QED) is 0.227. The summed E-state index contributed by atoms with van der Waals surface area (Å²) < 4.78 is 0. The molecule has 6 aromatic carbocycles. The SMILES string of the molecule is CC1(C)c2cc(-c3cccc4c3Sc3cccc5cccc-4c35)ccc2-c2ccc3ccccc3c21. The first-order valence-corrected chi connectivity index (χ1v) is 13.4. The molecule has 2 aliphatic rings. The molecule has 0 bridgehead atoms. The fourth-order valence-corrected chi connectivity index (χ4v) is 7.86. The summed E-state index contributed by atoms with van der Waals surface area (Å²) in [5.74, 6) is 0. The molecule has 36 heavy (non-hydrogen) atoms. The summed E-state index contributed by atoms with van der Waals surface area (Å²) in [7, 11) is 0. The first-order chi connectivity index (χ1) is 17.6. The minimum atomic E-state index is -0.0539. The number of rotatable bonds is 1. The normalized spacial score (nSPS) is 14.5. The summed E-state index contributed by atoms with van der Waals surface area (Å²) in [6.45, 7) is 4.78. The largest absolute Gasteiger partial charge is 0.0881 e. The van der Waals surface area contributed by atoms with Gasteiger partial charge in [0.1, 0.15) is 0 Å².